The van der Waals surface area contributed by atoms with Gasteiger partial charge in [0.1, 0.15) is 17.2 Å². The van der Waals surface area contributed by atoms with Gasteiger partial charge in [-0.15, -0.1) is 24.5 Å². The van der Waals surface area contributed by atoms with E-state index in [9.17, 15) is 9.59 Å². The third kappa shape index (κ3) is 9.15. The van der Waals surface area contributed by atoms with Gasteiger partial charge in [-0.25, -0.2) is 4.39 Å². The van der Waals surface area contributed by atoms with Gasteiger partial charge in [-0.05, 0) is 61.4 Å². The largest absolute Gasteiger partial charge is 0.456 e. The van der Waals surface area contributed by atoms with Crippen LogP contribution in [0.1, 0.15) is 42.6 Å². The number of hydrogen-bond acceptors (Lipinski definition) is 6. The van der Waals surface area contributed by atoms with Crippen LogP contribution in [0.25, 0.3) is 22.3 Å². The number of halogens is 1. The molecule has 10 heteroatoms. The summed E-state index contributed by atoms with van der Waals surface area (Å²) < 4.78 is 46.2. The molecule has 4 rings (SSSR count). The minimum atomic E-state index is -3.11. The maximum Gasteiger partial charge on any atom is 0.425 e. The first-order valence-electron chi connectivity index (χ1n) is 12.9. The van der Waals surface area contributed by atoms with Crippen LogP contribution < -0.4 is 10.6 Å². The molecule has 3 aromatic carbocycles. The lowest BCUT2D eigenvalue weighted by Crippen LogP contribution is -2.25. The zero-order chi connectivity index (χ0) is 29.8. The van der Waals surface area contributed by atoms with Gasteiger partial charge in [0.2, 0.25) is 5.91 Å². The fourth-order valence-electron chi connectivity index (χ4n) is 4.05. The lowest BCUT2D eigenvalue weighted by atomic mass is 9.94. The van der Waals surface area contributed by atoms with Crippen LogP contribution in [0, 0.1) is 23.6 Å². The Morgan fingerprint density at radius 1 is 0.951 bits per heavy atom. The van der Waals surface area contributed by atoms with E-state index in [1.54, 1.807) is 24.3 Å². The number of carbonyl (C=O) groups excluding carboxylic acids is 2. The molecule has 0 bridgehead atoms. The summed E-state index contributed by atoms with van der Waals surface area (Å²) in [7, 11) is -3.11. The summed E-state index contributed by atoms with van der Waals surface area (Å²) in [4.78, 5) is 25.2. The highest BCUT2D eigenvalue weighted by molar-refractivity contribution is 7.59. The third-order valence-corrected chi connectivity index (χ3v) is 5.99. The number of fused-ring (bicyclic) bond motifs is 1. The lowest BCUT2D eigenvalue weighted by molar-refractivity contribution is -0.119. The van der Waals surface area contributed by atoms with Crippen molar-refractivity contribution >= 4 is 39.1 Å². The molecule has 1 unspecified atom stereocenters. The molecule has 41 heavy (non-hydrogen) atoms. The normalized spacial score (nSPS) is 10.9. The number of amides is 2. The van der Waals surface area contributed by atoms with Crippen LogP contribution >= 0.6 is 0 Å². The van der Waals surface area contributed by atoms with Crippen LogP contribution in [0.5, 0.6) is 0 Å². The minimum absolute atomic E-state index is 0.102. The molecule has 0 saturated heterocycles. The predicted molar refractivity (Wildman–Crippen MR) is 154 cm³/mol. The number of para-hydroxylation sites is 1. The van der Waals surface area contributed by atoms with Crippen LogP contribution in [0.15, 0.2) is 77.2 Å². The fourth-order valence-corrected chi connectivity index (χ4v) is 4.05. The van der Waals surface area contributed by atoms with E-state index in [-0.39, 0.29) is 17.5 Å². The lowest BCUT2D eigenvalue weighted by Gasteiger charge is -2.16. The molecule has 1 atom stereocenters. The second kappa shape index (κ2) is 15.1. The van der Waals surface area contributed by atoms with Gasteiger partial charge in [-0.1, -0.05) is 37.3 Å². The minimum Gasteiger partial charge on any atom is -0.456 e. The first-order chi connectivity index (χ1) is 19.7. The molecule has 8 nitrogen and oxygen atoms in total. The van der Waals surface area contributed by atoms with Crippen molar-refractivity contribution in [2.45, 2.75) is 33.1 Å². The molecule has 1 aromatic heterocycles. The van der Waals surface area contributed by atoms with E-state index < -0.39 is 22.3 Å². The van der Waals surface area contributed by atoms with Crippen molar-refractivity contribution in [3.05, 3.63) is 89.7 Å². The van der Waals surface area contributed by atoms with Gasteiger partial charge in [0.25, 0.3) is 5.91 Å². The van der Waals surface area contributed by atoms with E-state index in [2.05, 4.69) is 22.5 Å². The smallest absolute Gasteiger partial charge is 0.425 e. The molecular formula is C31H29FN2O6S. The average molecular weight is 577 g/mol. The molecule has 0 radical (unpaired) electrons. The second-order valence-electron chi connectivity index (χ2n) is 8.91. The van der Waals surface area contributed by atoms with Crippen LogP contribution in [0.3, 0.4) is 0 Å². The quantitative estimate of drug-likeness (QED) is 0.264. The molecule has 0 aliphatic rings. The number of rotatable bonds is 8. The Labute approximate surface area is 239 Å². The number of carbonyl (C=O) groups is 2. The molecule has 1 heterocycles. The molecule has 0 aliphatic heterocycles. The van der Waals surface area contributed by atoms with E-state index in [0.29, 0.717) is 42.7 Å². The summed E-state index contributed by atoms with van der Waals surface area (Å²) in [5, 5.41) is 6.43. The molecular weight excluding hydrogens is 547 g/mol. The topological polar surface area (TPSA) is 123 Å². The van der Waals surface area contributed by atoms with Crippen LogP contribution in [-0.4, -0.2) is 31.0 Å². The summed E-state index contributed by atoms with van der Waals surface area (Å²) in [6.07, 6.45) is 1.45. The Morgan fingerprint density at radius 2 is 1.66 bits per heavy atom. The third-order valence-electron chi connectivity index (χ3n) is 5.99. The Kier molecular flexibility index (Phi) is 11.4. The van der Waals surface area contributed by atoms with E-state index in [0.717, 1.165) is 16.5 Å². The standard InChI is InChI=1S/C31H29FN2O3.O3S/c1-3-5-6-10-25(18-21-12-14-22(15-13-21)30(35)33-4-2)31(36)34-27-17-16-24(19-26(27)32)29-20-23-9-7-8-11-28(23)37-29;1-4(2)3/h7-9,11-17,19-20,25H,3-4,10,18H2,1-2H3,(H,33,35)(H,34,36);. The highest BCUT2D eigenvalue weighted by atomic mass is 32.2. The predicted octanol–water partition coefficient (Wildman–Crippen LogP) is 5.59. The van der Waals surface area contributed by atoms with Gasteiger partial charge in [-0.2, -0.15) is 0 Å². The zero-order valence-corrected chi connectivity index (χ0v) is 23.4. The van der Waals surface area contributed by atoms with Crippen LogP contribution in [0.4, 0.5) is 10.1 Å². The molecule has 0 aliphatic carbocycles. The maximum atomic E-state index is 15.0. The Hall–Kier alpha value is -4.75. The highest BCUT2D eigenvalue weighted by Gasteiger charge is 2.20. The first kappa shape index (κ1) is 30.8. The van der Waals surface area contributed by atoms with E-state index >= 15 is 4.39 Å². The SMILES string of the molecule is CCC#CCC(Cc1ccc(C(=O)NCC)cc1)C(=O)Nc1ccc(-c2cc3ccccc3o2)cc1F.O=S(=O)=O. The maximum absolute atomic E-state index is 15.0. The van der Waals surface area contributed by atoms with Gasteiger partial charge < -0.3 is 15.1 Å². The number of nitrogens with one attached hydrogen (secondary N) is 2. The van der Waals surface area contributed by atoms with Gasteiger partial charge in [0.05, 0.1) is 11.6 Å². The van der Waals surface area contributed by atoms with Gasteiger partial charge >= 0.3 is 10.6 Å². The summed E-state index contributed by atoms with van der Waals surface area (Å²) in [6.45, 7) is 4.36. The summed E-state index contributed by atoms with van der Waals surface area (Å²) >= 11 is 0. The van der Waals surface area contributed by atoms with E-state index in [1.807, 2.05) is 56.3 Å². The van der Waals surface area contributed by atoms with E-state index in [4.69, 9.17) is 17.0 Å². The van der Waals surface area contributed by atoms with E-state index in [1.165, 1.54) is 6.07 Å². The number of anilines is 1. The summed E-state index contributed by atoms with van der Waals surface area (Å²) in [5.74, 6) is 5.12. The van der Waals surface area contributed by atoms with Crippen molar-refractivity contribution in [2.75, 3.05) is 11.9 Å². The Bertz CT molecular complexity index is 1650. The summed E-state index contributed by atoms with van der Waals surface area (Å²) in [5.41, 5.74) is 2.87. The fraction of sp³-hybridized carbons (Fsp3) is 0.226. The van der Waals surface area contributed by atoms with Gasteiger partial charge in [0.15, 0.2) is 0 Å². The monoisotopic (exact) mass is 576 g/mol. The van der Waals surface area contributed by atoms with Crippen molar-refractivity contribution in [3.63, 3.8) is 0 Å². The number of furan rings is 1. The molecule has 0 saturated carbocycles. The zero-order valence-electron chi connectivity index (χ0n) is 22.6. The van der Waals surface area contributed by atoms with Crippen LogP contribution in [0.2, 0.25) is 0 Å². The molecule has 2 N–H and O–H groups in total. The van der Waals surface area contributed by atoms with Crippen LogP contribution in [-0.2, 0) is 21.8 Å². The number of benzene rings is 3. The first-order valence-corrected chi connectivity index (χ1v) is 13.9. The van der Waals surface area contributed by atoms with Gasteiger partial charge in [0, 0.05) is 35.9 Å². The summed E-state index contributed by atoms with van der Waals surface area (Å²) in [6, 6.07) is 21.2. The average Bonchev–Trinajstić information content (AvgIpc) is 3.38. The molecule has 212 valence electrons. The Morgan fingerprint density at radius 3 is 2.29 bits per heavy atom. The molecule has 0 fully saturated rings. The molecule has 0 spiro atoms. The molecule has 2 amide bonds. The second-order valence-corrected chi connectivity index (χ2v) is 9.31. The van der Waals surface area contributed by atoms with Crippen molar-refractivity contribution in [1.29, 1.82) is 0 Å². The van der Waals surface area contributed by atoms with Gasteiger partial charge in [-0.3, -0.25) is 9.59 Å². The van der Waals surface area contributed by atoms with Crippen molar-refractivity contribution < 1.29 is 31.0 Å². The Balaban J connectivity index is 0.00000108. The highest BCUT2D eigenvalue weighted by Crippen LogP contribution is 2.30. The molecule has 4 aromatic rings. The van der Waals surface area contributed by atoms with Crippen molar-refractivity contribution in [3.8, 4) is 23.2 Å². The number of hydrogen-bond donors (Lipinski definition) is 2. The van der Waals surface area contributed by atoms with Crippen molar-refractivity contribution in [1.82, 2.24) is 5.32 Å². The van der Waals surface area contributed by atoms with Crippen molar-refractivity contribution in [2.24, 2.45) is 5.92 Å².